The molecule has 3 N–H and O–H groups in total. The molecule has 16 heavy (non-hydrogen) atoms. The molecule has 2 atom stereocenters. The molecule has 0 bridgehead atoms. The average Bonchev–Trinajstić information content (AvgIpc) is 2.88. The number of nitrogens with zero attached hydrogens (tertiary/aromatic N) is 1. The van der Waals surface area contributed by atoms with Gasteiger partial charge in [-0.15, -0.1) is 11.3 Å². The van der Waals surface area contributed by atoms with Crippen molar-refractivity contribution in [1.29, 1.82) is 0 Å². The third kappa shape index (κ3) is 3.25. The van der Waals surface area contributed by atoms with E-state index in [1.807, 2.05) is 6.20 Å². The first-order chi connectivity index (χ1) is 7.78. The molecule has 0 saturated carbocycles. The van der Waals surface area contributed by atoms with E-state index in [0.717, 1.165) is 30.9 Å². The van der Waals surface area contributed by atoms with Gasteiger partial charge < -0.3 is 15.8 Å². The molecule has 0 spiro atoms. The lowest BCUT2D eigenvalue weighted by atomic mass is 10.2. The van der Waals surface area contributed by atoms with Gasteiger partial charge in [0.25, 0.3) is 0 Å². The van der Waals surface area contributed by atoms with E-state index in [4.69, 9.17) is 10.5 Å². The van der Waals surface area contributed by atoms with Gasteiger partial charge in [-0.25, -0.2) is 4.98 Å². The molecule has 2 unspecified atom stereocenters. The van der Waals surface area contributed by atoms with Crippen molar-refractivity contribution >= 4 is 11.3 Å². The molecule has 1 aliphatic rings. The van der Waals surface area contributed by atoms with E-state index in [1.54, 1.807) is 11.3 Å². The number of aromatic nitrogens is 1. The maximum atomic E-state index is 5.75. The molecule has 2 heterocycles. The van der Waals surface area contributed by atoms with E-state index in [0.29, 0.717) is 12.6 Å². The van der Waals surface area contributed by atoms with Gasteiger partial charge in [-0.1, -0.05) is 0 Å². The predicted octanol–water partition coefficient (Wildman–Crippen LogP) is 1.05. The zero-order chi connectivity index (χ0) is 11.4. The monoisotopic (exact) mass is 241 g/mol. The van der Waals surface area contributed by atoms with Gasteiger partial charge in [0.2, 0.25) is 0 Å². The fraction of sp³-hybridized carbons (Fsp3) is 0.727. The van der Waals surface area contributed by atoms with Gasteiger partial charge in [-0.05, 0) is 19.8 Å². The van der Waals surface area contributed by atoms with E-state index in [2.05, 4.69) is 17.2 Å². The van der Waals surface area contributed by atoms with Crippen LogP contribution in [-0.4, -0.2) is 30.3 Å². The molecule has 5 heteroatoms. The zero-order valence-electron chi connectivity index (χ0n) is 9.61. The Morgan fingerprint density at radius 3 is 3.00 bits per heavy atom. The Balaban J connectivity index is 1.65. The quantitative estimate of drug-likeness (QED) is 0.809. The van der Waals surface area contributed by atoms with Gasteiger partial charge in [-0.3, -0.25) is 0 Å². The second kappa shape index (κ2) is 5.72. The van der Waals surface area contributed by atoms with Crippen LogP contribution in [0.15, 0.2) is 6.20 Å². The standard InChI is InChI=1S/C11H19N3OS/c1-8-5-14-11(16-8)7-13-6-10-3-2-9(4-12)15-10/h5,9-10,13H,2-4,6-7,12H2,1H3. The number of ether oxygens (including phenoxy) is 1. The highest BCUT2D eigenvalue weighted by atomic mass is 32.1. The third-order valence-corrected chi connectivity index (χ3v) is 3.69. The molecule has 2 rings (SSSR count). The number of hydrogen-bond acceptors (Lipinski definition) is 5. The van der Waals surface area contributed by atoms with E-state index < -0.39 is 0 Å². The summed E-state index contributed by atoms with van der Waals surface area (Å²) in [6.07, 6.45) is 4.73. The summed E-state index contributed by atoms with van der Waals surface area (Å²) < 4.78 is 5.75. The van der Waals surface area contributed by atoms with Crippen molar-refractivity contribution in [3.8, 4) is 0 Å². The van der Waals surface area contributed by atoms with Crippen molar-refractivity contribution in [2.45, 2.75) is 38.5 Å². The van der Waals surface area contributed by atoms with Gasteiger partial charge in [0, 0.05) is 30.7 Å². The molecular weight excluding hydrogens is 222 g/mol. The first-order valence-electron chi connectivity index (χ1n) is 5.75. The van der Waals surface area contributed by atoms with Crippen LogP contribution < -0.4 is 11.1 Å². The maximum absolute atomic E-state index is 5.75. The second-order valence-corrected chi connectivity index (χ2v) is 5.51. The van der Waals surface area contributed by atoms with Crippen LogP contribution in [0.25, 0.3) is 0 Å². The highest BCUT2D eigenvalue weighted by Gasteiger charge is 2.23. The lowest BCUT2D eigenvalue weighted by molar-refractivity contribution is 0.0503. The minimum absolute atomic E-state index is 0.272. The number of aryl methyl sites for hydroxylation is 1. The highest BCUT2D eigenvalue weighted by Crippen LogP contribution is 2.18. The molecule has 0 amide bonds. The largest absolute Gasteiger partial charge is 0.372 e. The van der Waals surface area contributed by atoms with Gasteiger partial charge in [0.15, 0.2) is 0 Å². The summed E-state index contributed by atoms with van der Waals surface area (Å²) in [5, 5.41) is 4.53. The first-order valence-corrected chi connectivity index (χ1v) is 6.57. The normalized spacial score (nSPS) is 25.1. The van der Waals surface area contributed by atoms with E-state index in [9.17, 15) is 0 Å². The molecule has 0 aromatic carbocycles. The topological polar surface area (TPSA) is 60.2 Å². The molecule has 1 aromatic rings. The van der Waals surface area contributed by atoms with Crippen LogP contribution in [0, 0.1) is 6.92 Å². The number of thiazole rings is 1. The van der Waals surface area contributed by atoms with E-state index in [-0.39, 0.29) is 6.10 Å². The van der Waals surface area contributed by atoms with Crippen LogP contribution >= 0.6 is 11.3 Å². The summed E-state index contributed by atoms with van der Waals surface area (Å²) in [6.45, 7) is 4.45. The molecule has 0 radical (unpaired) electrons. The summed E-state index contributed by atoms with van der Waals surface area (Å²) in [7, 11) is 0. The van der Waals surface area contributed by atoms with Crippen molar-refractivity contribution in [2.24, 2.45) is 5.73 Å². The minimum Gasteiger partial charge on any atom is -0.372 e. The Labute approximate surface area is 100 Å². The minimum atomic E-state index is 0.272. The number of nitrogens with one attached hydrogen (secondary N) is 1. The number of nitrogens with two attached hydrogens (primary N) is 1. The number of hydrogen-bond donors (Lipinski definition) is 2. The Morgan fingerprint density at radius 2 is 2.38 bits per heavy atom. The third-order valence-electron chi connectivity index (χ3n) is 2.78. The van der Waals surface area contributed by atoms with E-state index >= 15 is 0 Å². The van der Waals surface area contributed by atoms with Crippen molar-refractivity contribution in [2.75, 3.05) is 13.1 Å². The first kappa shape index (κ1) is 12.0. The summed E-state index contributed by atoms with van der Waals surface area (Å²) in [6, 6.07) is 0. The SMILES string of the molecule is Cc1cnc(CNCC2CCC(CN)O2)s1. The molecule has 1 saturated heterocycles. The Morgan fingerprint density at radius 1 is 1.56 bits per heavy atom. The van der Waals surface area contributed by atoms with Gasteiger partial charge in [0.05, 0.1) is 12.2 Å². The Hall–Kier alpha value is -0.490. The summed E-state index contributed by atoms with van der Waals surface area (Å²) in [5.74, 6) is 0. The van der Waals surface area contributed by atoms with Gasteiger partial charge in [-0.2, -0.15) is 0 Å². The fourth-order valence-corrected chi connectivity index (χ4v) is 2.68. The van der Waals surface area contributed by atoms with E-state index in [1.165, 1.54) is 4.88 Å². The van der Waals surface area contributed by atoms with Crippen molar-refractivity contribution < 1.29 is 4.74 Å². The molecule has 4 nitrogen and oxygen atoms in total. The maximum Gasteiger partial charge on any atom is 0.107 e. The van der Waals surface area contributed by atoms with Crippen molar-refractivity contribution in [3.63, 3.8) is 0 Å². The summed E-state index contributed by atoms with van der Waals surface area (Å²) >= 11 is 1.74. The van der Waals surface area contributed by atoms with Crippen LogP contribution in [0.4, 0.5) is 0 Å². The van der Waals surface area contributed by atoms with Crippen molar-refractivity contribution in [1.82, 2.24) is 10.3 Å². The van der Waals surface area contributed by atoms with Crippen molar-refractivity contribution in [3.05, 3.63) is 16.1 Å². The van der Waals surface area contributed by atoms with Crippen LogP contribution in [0.5, 0.6) is 0 Å². The van der Waals surface area contributed by atoms with Gasteiger partial charge >= 0.3 is 0 Å². The van der Waals surface area contributed by atoms with Crippen LogP contribution in [0.1, 0.15) is 22.7 Å². The molecule has 1 aromatic heterocycles. The summed E-state index contributed by atoms with van der Waals surface area (Å²) in [4.78, 5) is 5.57. The Kier molecular flexibility index (Phi) is 4.29. The zero-order valence-corrected chi connectivity index (χ0v) is 10.4. The highest BCUT2D eigenvalue weighted by molar-refractivity contribution is 7.11. The van der Waals surface area contributed by atoms with Crippen LogP contribution in [-0.2, 0) is 11.3 Å². The Bertz CT molecular complexity index is 329. The molecule has 1 fully saturated rings. The molecule has 0 aliphatic carbocycles. The summed E-state index contributed by atoms with van der Waals surface area (Å²) in [5.41, 5.74) is 5.56. The number of rotatable bonds is 5. The molecular formula is C11H19N3OS. The lowest BCUT2D eigenvalue weighted by Gasteiger charge is -2.12. The fourth-order valence-electron chi connectivity index (χ4n) is 1.93. The van der Waals surface area contributed by atoms with Gasteiger partial charge in [0.1, 0.15) is 5.01 Å². The molecule has 1 aliphatic heterocycles. The smallest absolute Gasteiger partial charge is 0.107 e. The lowest BCUT2D eigenvalue weighted by Crippen LogP contribution is -2.28. The second-order valence-electron chi connectivity index (χ2n) is 4.19. The molecule has 90 valence electrons. The average molecular weight is 241 g/mol. The van der Waals surface area contributed by atoms with Crippen LogP contribution in [0.3, 0.4) is 0 Å². The van der Waals surface area contributed by atoms with Crippen LogP contribution in [0.2, 0.25) is 0 Å². The predicted molar refractivity (Wildman–Crippen MR) is 65.5 cm³/mol.